The lowest BCUT2D eigenvalue weighted by Crippen LogP contribution is -2.15. The quantitative estimate of drug-likeness (QED) is 0.765. The zero-order chi connectivity index (χ0) is 13.8. The molecule has 0 radical (unpaired) electrons. The van der Waals surface area contributed by atoms with Crippen molar-refractivity contribution in [1.29, 1.82) is 0 Å². The van der Waals surface area contributed by atoms with Crippen LogP contribution in [-0.2, 0) is 13.0 Å². The molecule has 2 aromatic heterocycles. The van der Waals surface area contributed by atoms with Crippen LogP contribution >= 0.6 is 11.3 Å². The number of nitrogens with zero attached hydrogens (tertiary/aromatic N) is 2. The van der Waals surface area contributed by atoms with E-state index >= 15 is 0 Å². The van der Waals surface area contributed by atoms with E-state index in [4.69, 9.17) is 11.5 Å². The van der Waals surface area contributed by atoms with Crippen LogP contribution in [0.25, 0.3) is 0 Å². The van der Waals surface area contributed by atoms with Crippen molar-refractivity contribution >= 4 is 28.7 Å². The first-order chi connectivity index (χ1) is 9.10. The molecule has 0 unspecified atom stereocenters. The summed E-state index contributed by atoms with van der Waals surface area (Å²) < 4.78 is 0. The molecule has 1 amide bonds. The van der Waals surface area contributed by atoms with Crippen molar-refractivity contribution in [3.63, 3.8) is 0 Å². The molecular formula is C12H15N5OS. The van der Waals surface area contributed by atoms with Crippen molar-refractivity contribution < 1.29 is 4.79 Å². The summed E-state index contributed by atoms with van der Waals surface area (Å²) in [5, 5.41) is 4.01. The van der Waals surface area contributed by atoms with E-state index < -0.39 is 5.91 Å². The van der Waals surface area contributed by atoms with Crippen molar-refractivity contribution in [2.75, 3.05) is 11.1 Å². The maximum atomic E-state index is 11.1. The maximum Gasteiger partial charge on any atom is 0.267 e. The van der Waals surface area contributed by atoms with Gasteiger partial charge in [0.15, 0.2) is 0 Å². The van der Waals surface area contributed by atoms with Gasteiger partial charge in [0.2, 0.25) is 0 Å². The Labute approximate surface area is 114 Å². The van der Waals surface area contributed by atoms with Crippen LogP contribution in [-0.4, -0.2) is 15.9 Å². The van der Waals surface area contributed by atoms with Gasteiger partial charge in [0.25, 0.3) is 5.91 Å². The van der Waals surface area contributed by atoms with Gasteiger partial charge in [0.05, 0.1) is 12.2 Å². The Bertz CT molecular complexity index is 596. The number of nitrogens with two attached hydrogens (primary N) is 2. The third-order valence-corrected chi connectivity index (χ3v) is 3.68. The van der Waals surface area contributed by atoms with Gasteiger partial charge < -0.3 is 16.8 Å². The van der Waals surface area contributed by atoms with Gasteiger partial charge >= 0.3 is 0 Å². The minimum atomic E-state index is -0.578. The second-order valence-corrected chi connectivity index (χ2v) is 5.13. The van der Waals surface area contributed by atoms with Gasteiger partial charge in [-0.1, -0.05) is 6.92 Å². The minimum Gasteiger partial charge on any atom is -0.396 e. The summed E-state index contributed by atoms with van der Waals surface area (Å²) >= 11 is 1.63. The van der Waals surface area contributed by atoms with E-state index in [-0.39, 0.29) is 5.69 Å². The summed E-state index contributed by atoms with van der Waals surface area (Å²) in [7, 11) is 0. The Kier molecular flexibility index (Phi) is 3.96. The number of carbonyl (C=O) groups excluding carboxylic acids is 1. The molecule has 0 aliphatic rings. The average Bonchev–Trinajstić information content (AvgIpc) is 2.85. The van der Waals surface area contributed by atoms with Crippen LogP contribution in [0.2, 0.25) is 0 Å². The number of primary amides is 1. The fraction of sp³-hybridized carbons (Fsp3) is 0.250. The van der Waals surface area contributed by atoms with Crippen LogP contribution in [0.3, 0.4) is 0 Å². The van der Waals surface area contributed by atoms with Crippen molar-refractivity contribution in [1.82, 2.24) is 9.97 Å². The first-order valence-corrected chi connectivity index (χ1v) is 6.65. The van der Waals surface area contributed by atoms with Crippen LogP contribution in [0, 0.1) is 0 Å². The molecule has 2 aromatic rings. The number of aromatic nitrogens is 2. The highest BCUT2D eigenvalue weighted by Crippen LogP contribution is 2.18. The Hall–Kier alpha value is -2.15. The molecule has 2 heterocycles. The zero-order valence-corrected chi connectivity index (χ0v) is 11.3. The molecule has 0 fully saturated rings. The predicted molar refractivity (Wildman–Crippen MR) is 76.0 cm³/mol. The van der Waals surface area contributed by atoms with Crippen LogP contribution < -0.4 is 16.8 Å². The van der Waals surface area contributed by atoms with Crippen molar-refractivity contribution in [2.45, 2.75) is 19.9 Å². The van der Waals surface area contributed by atoms with Crippen LogP contribution in [0.5, 0.6) is 0 Å². The van der Waals surface area contributed by atoms with E-state index in [1.54, 1.807) is 17.4 Å². The lowest BCUT2D eigenvalue weighted by atomic mass is 10.3. The summed E-state index contributed by atoms with van der Waals surface area (Å²) in [6, 6.07) is 3.11. The van der Waals surface area contributed by atoms with Crippen LogP contribution in [0.15, 0.2) is 18.3 Å². The maximum absolute atomic E-state index is 11.1. The normalized spacial score (nSPS) is 10.4. The summed E-state index contributed by atoms with van der Waals surface area (Å²) in [6.07, 6.45) is 2.83. The highest BCUT2D eigenvalue weighted by atomic mass is 32.1. The van der Waals surface area contributed by atoms with Gasteiger partial charge in [0, 0.05) is 11.1 Å². The minimum absolute atomic E-state index is 0.185. The van der Waals surface area contributed by atoms with E-state index in [0.29, 0.717) is 18.1 Å². The predicted octanol–water partition coefficient (Wildman–Crippen LogP) is 1.39. The highest BCUT2D eigenvalue weighted by Gasteiger charge is 2.08. The largest absolute Gasteiger partial charge is 0.396 e. The number of rotatable bonds is 5. The monoisotopic (exact) mass is 277 g/mol. The molecule has 0 bridgehead atoms. The van der Waals surface area contributed by atoms with Gasteiger partial charge in [-0.05, 0) is 18.6 Å². The number of pyridine rings is 1. The second-order valence-electron chi connectivity index (χ2n) is 3.93. The summed E-state index contributed by atoms with van der Waals surface area (Å²) in [6.45, 7) is 2.60. The number of anilines is 2. The summed E-state index contributed by atoms with van der Waals surface area (Å²) in [5.41, 5.74) is 11.6. The van der Waals surface area contributed by atoms with E-state index in [1.807, 2.05) is 6.20 Å². The number of hydrogen-bond acceptors (Lipinski definition) is 6. The molecule has 0 aliphatic heterocycles. The molecule has 0 aliphatic carbocycles. The molecule has 5 N–H and O–H groups in total. The van der Waals surface area contributed by atoms with E-state index in [2.05, 4.69) is 22.2 Å². The number of hydrogen-bond donors (Lipinski definition) is 3. The van der Waals surface area contributed by atoms with Crippen molar-refractivity contribution in [2.24, 2.45) is 5.73 Å². The summed E-state index contributed by atoms with van der Waals surface area (Å²) in [5.74, 6) is -0.130. The standard InChI is InChI=1S/C12H15N5OS/c1-2-7-5-15-10(19-7)6-16-12-8(13)3-4-9(17-12)11(14)18/h3-5H,2,6,13H2,1H3,(H2,14,18)(H,16,17). The highest BCUT2D eigenvalue weighted by molar-refractivity contribution is 7.11. The Balaban J connectivity index is 2.10. The number of thiazole rings is 1. The van der Waals surface area contributed by atoms with Crippen LogP contribution in [0.1, 0.15) is 27.3 Å². The fourth-order valence-electron chi connectivity index (χ4n) is 1.50. The SMILES string of the molecule is CCc1cnc(CNc2nc(C(N)=O)ccc2N)s1. The number of nitrogens with one attached hydrogen (secondary N) is 1. The number of carbonyl (C=O) groups is 1. The lowest BCUT2D eigenvalue weighted by Gasteiger charge is -2.07. The molecule has 19 heavy (non-hydrogen) atoms. The van der Waals surface area contributed by atoms with Gasteiger partial charge in [-0.15, -0.1) is 11.3 Å². The Morgan fingerprint density at radius 1 is 1.47 bits per heavy atom. The fourth-order valence-corrected chi connectivity index (χ4v) is 2.30. The molecule has 2 rings (SSSR count). The molecule has 0 aromatic carbocycles. The van der Waals surface area contributed by atoms with Gasteiger partial charge in [-0.3, -0.25) is 4.79 Å². The van der Waals surface area contributed by atoms with Crippen molar-refractivity contribution in [3.05, 3.63) is 33.9 Å². The molecule has 100 valence electrons. The Morgan fingerprint density at radius 3 is 2.89 bits per heavy atom. The zero-order valence-electron chi connectivity index (χ0n) is 10.5. The Morgan fingerprint density at radius 2 is 2.26 bits per heavy atom. The first kappa shape index (κ1) is 13.3. The molecule has 0 saturated heterocycles. The molecule has 6 nitrogen and oxygen atoms in total. The molecule has 0 saturated carbocycles. The smallest absolute Gasteiger partial charge is 0.267 e. The topological polar surface area (TPSA) is 107 Å². The van der Waals surface area contributed by atoms with E-state index in [1.165, 1.54) is 10.9 Å². The number of aryl methyl sites for hydroxylation is 1. The lowest BCUT2D eigenvalue weighted by molar-refractivity contribution is 0.0996. The second kappa shape index (κ2) is 5.66. The molecule has 0 spiro atoms. The van der Waals surface area contributed by atoms with Gasteiger partial charge in [-0.25, -0.2) is 9.97 Å². The van der Waals surface area contributed by atoms with Gasteiger partial charge in [-0.2, -0.15) is 0 Å². The number of amides is 1. The molecular weight excluding hydrogens is 262 g/mol. The van der Waals surface area contributed by atoms with E-state index in [0.717, 1.165) is 11.4 Å². The number of nitrogen functional groups attached to an aromatic ring is 1. The third-order valence-electron chi connectivity index (χ3n) is 2.54. The molecule has 7 heteroatoms. The first-order valence-electron chi connectivity index (χ1n) is 5.84. The van der Waals surface area contributed by atoms with Crippen LogP contribution in [0.4, 0.5) is 11.5 Å². The van der Waals surface area contributed by atoms with Crippen molar-refractivity contribution in [3.8, 4) is 0 Å². The van der Waals surface area contributed by atoms with Gasteiger partial charge in [0.1, 0.15) is 16.5 Å². The summed E-state index contributed by atoms with van der Waals surface area (Å²) in [4.78, 5) is 20.7. The van der Waals surface area contributed by atoms with E-state index in [9.17, 15) is 4.79 Å². The average molecular weight is 277 g/mol. The molecule has 0 atom stereocenters. The third kappa shape index (κ3) is 3.19.